The topological polar surface area (TPSA) is 95.9 Å². The van der Waals surface area contributed by atoms with Crippen molar-refractivity contribution in [3.63, 3.8) is 0 Å². The van der Waals surface area contributed by atoms with Crippen LogP contribution in [0.25, 0.3) is 0 Å². The van der Waals surface area contributed by atoms with Crippen molar-refractivity contribution in [1.82, 2.24) is 5.32 Å². The van der Waals surface area contributed by atoms with E-state index in [0.717, 1.165) is 57.8 Å². The van der Waals surface area contributed by atoms with Crippen LogP contribution in [0.4, 0.5) is 0 Å². The minimum atomic E-state index is -0.844. The summed E-state index contributed by atoms with van der Waals surface area (Å²) >= 11 is 0. The number of carbonyl (C=O) groups excluding carboxylic acids is 2. The fourth-order valence-electron chi connectivity index (χ4n) is 13.1. The lowest BCUT2D eigenvalue weighted by atomic mass is 10.0. The van der Waals surface area contributed by atoms with E-state index < -0.39 is 12.1 Å². The maximum absolute atomic E-state index is 12.5. The second-order valence-electron chi connectivity index (χ2n) is 28.8. The molecule has 0 spiro atoms. The number of allylic oxidation sites excluding steroid dienone is 9. The minimum Gasteiger partial charge on any atom is -0.466 e. The van der Waals surface area contributed by atoms with E-state index >= 15 is 0 Å². The van der Waals surface area contributed by atoms with Gasteiger partial charge in [-0.3, -0.25) is 9.59 Å². The van der Waals surface area contributed by atoms with Gasteiger partial charge in [-0.2, -0.15) is 0 Å². The van der Waals surface area contributed by atoms with Crippen LogP contribution in [-0.2, 0) is 14.3 Å². The minimum absolute atomic E-state index is 0.0152. The van der Waals surface area contributed by atoms with E-state index in [1.807, 2.05) is 6.08 Å². The van der Waals surface area contributed by atoms with Crippen LogP contribution in [0.5, 0.6) is 0 Å². The van der Waals surface area contributed by atoms with E-state index in [-0.39, 0.29) is 18.5 Å². The highest BCUT2D eigenvalue weighted by molar-refractivity contribution is 5.76. The van der Waals surface area contributed by atoms with E-state index in [1.165, 1.54) is 372 Å². The summed E-state index contributed by atoms with van der Waals surface area (Å²) in [6.07, 6.45) is 111. The Kier molecular flexibility index (Phi) is 79.8. The predicted molar refractivity (Wildman–Crippen MR) is 412 cm³/mol. The summed E-state index contributed by atoms with van der Waals surface area (Å²) in [5.74, 6) is -0.0461. The summed E-state index contributed by atoms with van der Waals surface area (Å²) in [6, 6.07) is -0.628. The summed E-state index contributed by atoms with van der Waals surface area (Å²) < 4.78 is 5.51. The molecule has 2 unspecified atom stereocenters. The van der Waals surface area contributed by atoms with Crippen molar-refractivity contribution >= 4 is 11.9 Å². The highest BCUT2D eigenvalue weighted by Gasteiger charge is 2.18. The molecule has 1 amide bonds. The van der Waals surface area contributed by atoms with Crippen molar-refractivity contribution in [2.45, 2.75) is 469 Å². The summed E-state index contributed by atoms with van der Waals surface area (Å²) in [4.78, 5) is 24.7. The number of nitrogens with one attached hydrogen (secondary N) is 1. The molecule has 0 aromatic rings. The van der Waals surface area contributed by atoms with E-state index in [1.54, 1.807) is 6.08 Å². The Hall–Kier alpha value is -2.44. The molecule has 0 radical (unpaired) electrons. The third-order valence-corrected chi connectivity index (χ3v) is 19.5. The molecule has 0 heterocycles. The van der Waals surface area contributed by atoms with Crippen LogP contribution in [0.1, 0.15) is 457 Å². The van der Waals surface area contributed by atoms with Crippen LogP contribution in [0.15, 0.2) is 60.8 Å². The van der Waals surface area contributed by atoms with Gasteiger partial charge in [0.2, 0.25) is 5.91 Å². The summed E-state index contributed by atoms with van der Waals surface area (Å²) in [7, 11) is 0. The average molecular weight is 1300 g/mol. The smallest absolute Gasteiger partial charge is 0.305 e. The maximum atomic E-state index is 12.5. The number of hydrogen-bond acceptors (Lipinski definition) is 5. The Morgan fingerprint density at radius 1 is 0.301 bits per heavy atom. The molecular formula is C87H163NO5. The summed E-state index contributed by atoms with van der Waals surface area (Å²) in [5.41, 5.74) is 0. The number of carbonyl (C=O) groups is 2. The molecule has 0 aromatic heterocycles. The second kappa shape index (κ2) is 82.0. The van der Waals surface area contributed by atoms with Crippen molar-refractivity contribution in [2.24, 2.45) is 0 Å². The van der Waals surface area contributed by atoms with Gasteiger partial charge in [0.25, 0.3) is 0 Å². The molecular weight excluding hydrogens is 1140 g/mol. The van der Waals surface area contributed by atoms with Gasteiger partial charge in [0.05, 0.1) is 25.4 Å². The molecule has 0 rings (SSSR count). The quantitative estimate of drug-likeness (QED) is 0.0320. The van der Waals surface area contributed by atoms with Crippen molar-refractivity contribution < 1.29 is 24.5 Å². The lowest BCUT2D eigenvalue weighted by Crippen LogP contribution is -2.45. The zero-order valence-electron chi connectivity index (χ0n) is 62.8. The first-order valence-electron chi connectivity index (χ1n) is 42.1. The van der Waals surface area contributed by atoms with Gasteiger partial charge in [0.15, 0.2) is 0 Å². The highest BCUT2D eigenvalue weighted by atomic mass is 16.5. The zero-order chi connectivity index (χ0) is 67.0. The Labute approximate surface area is 581 Å². The van der Waals surface area contributed by atoms with Crippen molar-refractivity contribution in [1.29, 1.82) is 0 Å². The summed E-state index contributed by atoms with van der Waals surface area (Å²) in [6.45, 7) is 4.92. The maximum Gasteiger partial charge on any atom is 0.305 e. The molecule has 0 aromatic carbocycles. The molecule has 0 fully saturated rings. The number of amides is 1. The largest absolute Gasteiger partial charge is 0.466 e. The monoisotopic (exact) mass is 1300 g/mol. The van der Waals surface area contributed by atoms with Crippen LogP contribution in [0, 0.1) is 0 Å². The summed E-state index contributed by atoms with van der Waals surface area (Å²) in [5, 5.41) is 23.3. The van der Waals surface area contributed by atoms with Crippen LogP contribution in [0.3, 0.4) is 0 Å². The predicted octanol–water partition coefficient (Wildman–Crippen LogP) is 28.1. The third-order valence-electron chi connectivity index (χ3n) is 19.5. The van der Waals surface area contributed by atoms with Crippen LogP contribution in [0.2, 0.25) is 0 Å². The van der Waals surface area contributed by atoms with Gasteiger partial charge in [0.1, 0.15) is 0 Å². The Morgan fingerprint density at radius 3 is 0.839 bits per heavy atom. The van der Waals surface area contributed by atoms with Gasteiger partial charge in [0, 0.05) is 12.8 Å². The Balaban J connectivity index is 3.38. The second-order valence-corrected chi connectivity index (χ2v) is 28.8. The lowest BCUT2D eigenvalue weighted by molar-refractivity contribution is -0.143. The lowest BCUT2D eigenvalue weighted by Gasteiger charge is -2.20. The fraction of sp³-hybridized carbons (Fsp3) is 0.862. The number of hydrogen-bond donors (Lipinski definition) is 3. The highest BCUT2D eigenvalue weighted by Crippen LogP contribution is 2.20. The van der Waals surface area contributed by atoms with Crippen LogP contribution in [-0.4, -0.2) is 47.4 Å². The molecule has 6 nitrogen and oxygen atoms in total. The van der Waals surface area contributed by atoms with E-state index in [2.05, 4.69) is 67.8 Å². The fourth-order valence-corrected chi connectivity index (χ4v) is 13.1. The number of aliphatic hydroxyl groups is 2. The molecule has 6 heteroatoms. The van der Waals surface area contributed by atoms with E-state index in [0.29, 0.717) is 19.4 Å². The normalized spacial score (nSPS) is 12.8. The average Bonchev–Trinajstić information content (AvgIpc) is 3.78. The molecule has 0 bridgehead atoms. The standard InChI is InChI=1S/C87H163NO5/c1-3-5-7-9-11-13-15-17-19-21-23-44-47-51-55-59-63-67-71-75-79-85(90)84(83-89)88-86(91)80-76-72-68-64-60-56-52-48-45-41-39-37-35-33-31-29-27-25-24-26-28-30-32-34-36-38-40-42-46-50-54-58-62-66-70-74-78-82-93-87(92)81-77-73-69-65-61-57-53-49-43-22-20-18-16-14-12-10-8-6-4-2/h12,14,18,20,24,26,30,32,75,79,84-85,89-90H,3-11,13,15-17,19,21-23,25,27-29,31,33-74,76-78,80-83H2,1-2H3,(H,88,91)/b14-12-,20-18-,26-24-,32-30-,79-75+. The van der Waals surface area contributed by atoms with Crippen LogP contribution >= 0.6 is 0 Å². The number of unbranched alkanes of at least 4 members (excludes halogenated alkanes) is 60. The molecule has 0 aliphatic rings. The molecule has 93 heavy (non-hydrogen) atoms. The van der Waals surface area contributed by atoms with Gasteiger partial charge in [-0.25, -0.2) is 0 Å². The first-order chi connectivity index (χ1) is 46.0. The van der Waals surface area contributed by atoms with Gasteiger partial charge >= 0.3 is 5.97 Å². The molecule has 0 aliphatic carbocycles. The first kappa shape index (κ1) is 90.6. The molecule has 546 valence electrons. The molecule has 0 saturated carbocycles. The SMILES string of the molecule is CCCCC/C=C\C/C=C\CCCCCCCCCCCC(=O)OCCCCCCCCCCCCCCC/C=C\C/C=C\CCCCCCCCCCCCCCCCCCCC(=O)NC(CO)C(O)/C=C/CCCCCCCCCCCCCCCCCCCC. The number of aliphatic hydroxyl groups excluding tert-OH is 2. The van der Waals surface area contributed by atoms with Gasteiger partial charge < -0.3 is 20.3 Å². The van der Waals surface area contributed by atoms with Gasteiger partial charge in [-0.1, -0.05) is 408 Å². The molecule has 0 aliphatic heterocycles. The van der Waals surface area contributed by atoms with Crippen LogP contribution < -0.4 is 5.32 Å². The number of rotatable bonds is 79. The van der Waals surface area contributed by atoms with Gasteiger partial charge in [-0.15, -0.1) is 0 Å². The number of esters is 1. The Morgan fingerprint density at radius 2 is 0.538 bits per heavy atom. The number of ether oxygens (including phenoxy) is 1. The van der Waals surface area contributed by atoms with Crippen molar-refractivity contribution in [3.05, 3.63) is 60.8 Å². The Bertz CT molecular complexity index is 1600. The van der Waals surface area contributed by atoms with E-state index in [4.69, 9.17) is 4.74 Å². The molecule has 2 atom stereocenters. The van der Waals surface area contributed by atoms with Crippen molar-refractivity contribution in [3.8, 4) is 0 Å². The zero-order valence-corrected chi connectivity index (χ0v) is 62.8. The third kappa shape index (κ3) is 78.4. The van der Waals surface area contributed by atoms with Crippen molar-refractivity contribution in [2.75, 3.05) is 13.2 Å². The van der Waals surface area contributed by atoms with E-state index in [9.17, 15) is 19.8 Å². The molecule has 3 N–H and O–H groups in total. The molecule has 0 saturated heterocycles. The van der Waals surface area contributed by atoms with Gasteiger partial charge in [-0.05, 0) is 96.3 Å². The first-order valence-corrected chi connectivity index (χ1v) is 42.1.